The van der Waals surface area contributed by atoms with E-state index in [0.29, 0.717) is 35.3 Å². The van der Waals surface area contributed by atoms with Crippen LogP contribution in [0.1, 0.15) is 37.8 Å². The van der Waals surface area contributed by atoms with Crippen LogP contribution in [-0.4, -0.2) is 51.5 Å². The van der Waals surface area contributed by atoms with Gasteiger partial charge in [-0.3, -0.25) is 9.59 Å². The quantitative estimate of drug-likeness (QED) is 0.231. The molecular formula is C27H30N4O4S2. The zero-order valence-electron chi connectivity index (χ0n) is 20.5. The number of hydrogen-bond donors (Lipinski definition) is 4. The van der Waals surface area contributed by atoms with Crippen molar-refractivity contribution in [1.29, 1.82) is 0 Å². The standard InChI is InChI=1S/C27H30N4O4S2/c1-31(27(35)22(28)14-21-4-3-11-36-21)10-2-5-25-30-23-9-7-17(13-24(23)37-25)26(34)29-20-8-6-18(15-32)19(12-20)16-33/h3-4,6-9,11-13,22,32-33H,2,5,10,14-16,28H2,1H3,(H,29,34)/t22-/m0/s1. The van der Waals surface area contributed by atoms with Crippen LogP contribution in [0.2, 0.25) is 0 Å². The number of fused-ring (bicyclic) bond motifs is 1. The third kappa shape index (κ3) is 6.79. The number of hydrogen-bond acceptors (Lipinski definition) is 8. The van der Waals surface area contributed by atoms with E-state index in [4.69, 9.17) is 5.73 Å². The maximum absolute atomic E-state index is 12.8. The highest BCUT2D eigenvalue weighted by molar-refractivity contribution is 7.18. The highest BCUT2D eigenvalue weighted by atomic mass is 32.1. The molecule has 2 aromatic heterocycles. The van der Waals surface area contributed by atoms with Gasteiger partial charge >= 0.3 is 0 Å². The number of rotatable bonds is 11. The highest BCUT2D eigenvalue weighted by Crippen LogP contribution is 2.25. The molecule has 0 aliphatic carbocycles. The summed E-state index contributed by atoms with van der Waals surface area (Å²) in [5.41, 5.74) is 9.18. The van der Waals surface area contributed by atoms with Crippen molar-refractivity contribution in [2.45, 2.75) is 38.5 Å². The molecule has 10 heteroatoms. The number of thiophene rings is 1. The molecule has 37 heavy (non-hydrogen) atoms. The van der Waals surface area contributed by atoms with Crippen molar-refractivity contribution in [1.82, 2.24) is 9.88 Å². The second-order valence-corrected chi connectivity index (χ2v) is 10.9. The summed E-state index contributed by atoms with van der Waals surface area (Å²) in [6.45, 7) is 0.191. The molecule has 4 rings (SSSR count). The van der Waals surface area contributed by atoms with Crippen LogP contribution in [-0.2, 0) is 30.8 Å². The number of thiazole rings is 1. The third-order valence-electron chi connectivity index (χ3n) is 6.08. The monoisotopic (exact) mass is 538 g/mol. The number of nitrogens with one attached hydrogen (secondary N) is 1. The zero-order valence-corrected chi connectivity index (χ0v) is 22.1. The molecule has 0 bridgehead atoms. The van der Waals surface area contributed by atoms with Crippen molar-refractivity contribution in [3.8, 4) is 0 Å². The lowest BCUT2D eigenvalue weighted by atomic mass is 10.1. The Hall–Kier alpha value is -3.15. The van der Waals surface area contributed by atoms with Crippen molar-refractivity contribution in [3.63, 3.8) is 0 Å². The second-order valence-electron chi connectivity index (χ2n) is 8.80. The summed E-state index contributed by atoms with van der Waals surface area (Å²) < 4.78 is 0.914. The number of aromatic nitrogens is 1. The average Bonchev–Trinajstić information content (AvgIpc) is 3.56. The van der Waals surface area contributed by atoms with Gasteiger partial charge in [-0.05, 0) is 59.3 Å². The van der Waals surface area contributed by atoms with Crippen LogP contribution in [0.3, 0.4) is 0 Å². The molecule has 0 aliphatic heterocycles. The molecule has 0 spiro atoms. The Bertz CT molecular complexity index is 1370. The summed E-state index contributed by atoms with van der Waals surface area (Å²) in [5.74, 6) is -0.332. The van der Waals surface area contributed by atoms with E-state index in [-0.39, 0.29) is 25.0 Å². The predicted octanol–water partition coefficient (Wildman–Crippen LogP) is 3.56. The number of aryl methyl sites for hydroxylation is 1. The first kappa shape index (κ1) is 26.9. The van der Waals surface area contributed by atoms with E-state index < -0.39 is 6.04 Å². The summed E-state index contributed by atoms with van der Waals surface area (Å²) in [6.07, 6.45) is 2.03. The fourth-order valence-electron chi connectivity index (χ4n) is 4.02. The van der Waals surface area contributed by atoms with Crippen LogP contribution in [0, 0.1) is 0 Å². The van der Waals surface area contributed by atoms with E-state index in [0.717, 1.165) is 32.9 Å². The number of amides is 2. The molecule has 0 radical (unpaired) electrons. The van der Waals surface area contributed by atoms with Crippen LogP contribution in [0.15, 0.2) is 53.9 Å². The van der Waals surface area contributed by atoms with E-state index in [1.807, 2.05) is 29.6 Å². The number of likely N-dealkylation sites (N-methyl/N-ethyl adjacent to an activating group) is 1. The van der Waals surface area contributed by atoms with Gasteiger partial charge in [-0.2, -0.15) is 0 Å². The Kier molecular flexibility index (Phi) is 9.01. The highest BCUT2D eigenvalue weighted by Gasteiger charge is 2.19. The molecule has 1 atom stereocenters. The number of nitrogens with zero attached hydrogens (tertiary/aromatic N) is 2. The molecule has 2 heterocycles. The number of carbonyl (C=O) groups excluding carboxylic acids is 2. The van der Waals surface area contributed by atoms with E-state index in [1.54, 1.807) is 47.5 Å². The fraction of sp³-hybridized carbons (Fsp3) is 0.296. The summed E-state index contributed by atoms with van der Waals surface area (Å²) in [4.78, 5) is 32.8. The zero-order chi connectivity index (χ0) is 26.4. The topological polar surface area (TPSA) is 129 Å². The minimum atomic E-state index is -0.543. The Morgan fingerprint density at radius 1 is 1.11 bits per heavy atom. The second kappa shape index (κ2) is 12.4. The molecule has 4 aromatic rings. The summed E-state index contributed by atoms with van der Waals surface area (Å²) >= 11 is 3.14. The lowest BCUT2D eigenvalue weighted by Gasteiger charge is -2.20. The molecule has 5 N–H and O–H groups in total. The van der Waals surface area contributed by atoms with Crippen molar-refractivity contribution in [3.05, 3.63) is 80.5 Å². The van der Waals surface area contributed by atoms with Gasteiger partial charge in [0.1, 0.15) is 0 Å². The molecule has 0 unspecified atom stereocenters. The lowest BCUT2D eigenvalue weighted by Crippen LogP contribution is -2.43. The molecule has 2 aromatic carbocycles. The van der Waals surface area contributed by atoms with Gasteiger partial charge in [0.25, 0.3) is 5.91 Å². The molecule has 0 saturated carbocycles. The normalized spacial score (nSPS) is 12.0. The Morgan fingerprint density at radius 2 is 1.92 bits per heavy atom. The summed E-state index contributed by atoms with van der Waals surface area (Å²) in [6, 6.07) is 13.8. The van der Waals surface area contributed by atoms with Gasteiger partial charge in [-0.1, -0.05) is 12.1 Å². The minimum absolute atomic E-state index is 0.0644. The maximum atomic E-state index is 12.8. The van der Waals surface area contributed by atoms with Crippen LogP contribution in [0.4, 0.5) is 5.69 Å². The Balaban J connectivity index is 1.32. The van der Waals surface area contributed by atoms with Crippen LogP contribution >= 0.6 is 22.7 Å². The minimum Gasteiger partial charge on any atom is -0.392 e. The van der Waals surface area contributed by atoms with Crippen molar-refractivity contribution in [2.24, 2.45) is 5.73 Å². The van der Waals surface area contributed by atoms with Gasteiger partial charge in [0, 0.05) is 42.6 Å². The molecule has 0 aliphatic rings. The molecule has 0 saturated heterocycles. The van der Waals surface area contributed by atoms with Crippen molar-refractivity contribution >= 4 is 50.4 Å². The third-order valence-corrected chi connectivity index (χ3v) is 8.06. The Morgan fingerprint density at radius 3 is 2.65 bits per heavy atom. The number of anilines is 1. The number of carbonyl (C=O) groups is 2. The maximum Gasteiger partial charge on any atom is 0.255 e. The molecule has 194 valence electrons. The van der Waals surface area contributed by atoms with Crippen molar-refractivity contribution < 1.29 is 19.8 Å². The van der Waals surface area contributed by atoms with Gasteiger partial charge in [-0.15, -0.1) is 22.7 Å². The number of aliphatic hydroxyl groups is 2. The van der Waals surface area contributed by atoms with Crippen LogP contribution < -0.4 is 11.1 Å². The van der Waals surface area contributed by atoms with Gasteiger partial charge in [0.05, 0.1) is 34.5 Å². The molecular weight excluding hydrogens is 508 g/mol. The van der Waals surface area contributed by atoms with E-state index in [9.17, 15) is 19.8 Å². The molecule has 0 fully saturated rings. The summed E-state index contributed by atoms with van der Waals surface area (Å²) in [5, 5.41) is 24.6. The smallest absolute Gasteiger partial charge is 0.255 e. The predicted molar refractivity (Wildman–Crippen MR) is 148 cm³/mol. The van der Waals surface area contributed by atoms with E-state index in [2.05, 4.69) is 10.3 Å². The molecule has 2 amide bonds. The number of aliphatic hydroxyl groups excluding tert-OH is 2. The largest absolute Gasteiger partial charge is 0.392 e. The first-order valence-electron chi connectivity index (χ1n) is 11.9. The first-order chi connectivity index (χ1) is 17.9. The van der Waals surface area contributed by atoms with E-state index >= 15 is 0 Å². The SMILES string of the molecule is CN(CCCc1nc2ccc(C(=O)Nc3ccc(CO)c(CO)c3)cc2s1)C(=O)[C@@H](N)Cc1cccs1. The molecule has 8 nitrogen and oxygen atoms in total. The summed E-state index contributed by atoms with van der Waals surface area (Å²) in [7, 11) is 1.78. The fourth-order valence-corrected chi connectivity index (χ4v) is 5.84. The van der Waals surface area contributed by atoms with Crippen LogP contribution in [0.25, 0.3) is 10.2 Å². The van der Waals surface area contributed by atoms with Gasteiger partial charge in [-0.25, -0.2) is 4.98 Å². The number of benzene rings is 2. The number of nitrogens with two attached hydrogens (primary N) is 1. The lowest BCUT2D eigenvalue weighted by molar-refractivity contribution is -0.131. The van der Waals surface area contributed by atoms with Gasteiger partial charge < -0.3 is 26.2 Å². The van der Waals surface area contributed by atoms with Gasteiger partial charge in [0.2, 0.25) is 5.91 Å². The average molecular weight is 539 g/mol. The van der Waals surface area contributed by atoms with E-state index in [1.165, 1.54) is 11.3 Å². The Labute approximate surface area is 223 Å². The van der Waals surface area contributed by atoms with Crippen molar-refractivity contribution in [2.75, 3.05) is 18.9 Å². The first-order valence-corrected chi connectivity index (χ1v) is 13.6. The van der Waals surface area contributed by atoms with Gasteiger partial charge in [0.15, 0.2) is 0 Å². The van der Waals surface area contributed by atoms with Crippen LogP contribution in [0.5, 0.6) is 0 Å².